The number of aromatic carboxylic acids is 1. The van der Waals surface area contributed by atoms with Crippen molar-refractivity contribution in [3.8, 4) is 11.8 Å². The molecule has 0 bridgehead atoms. The molecule has 0 saturated carbocycles. The second-order valence-corrected chi connectivity index (χ2v) is 8.52. The van der Waals surface area contributed by atoms with E-state index in [9.17, 15) is 13.2 Å². The molecule has 2 heterocycles. The van der Waals surface area contributed by atoms with Crippen LogP contribution in [-0.4, -0.2) is 29.4 Å². The minimum Gasteiger partial charge on any atom is -0.477 e. The zero-order valence-corrected chi connectivity index (χ0v) is 18.7. The zero-order chi connectivity index (χ0) is 23.3. The Morgan fingerprint density at radius 1 is 1.25 bits per heavy atom. The Hall–Kier alpha value is -3.76. The molecule has 1 aromatic carbocycles. The van der Waals surface area contributed by atoms with Gasteiger partial charge in [-0.2, -0.15) is 8.42 Å². The molecule has 0 radical (unpaired) electrons. The highest BCUT2D eigenvalue weighted by Crippen LogP contribution is 2.30. The first kappa shape index (κ1) is 22.9. The third-order valence-electron chi connectivity index (χ3n) is 4.24. The van der Waals surface area contributed by atoms with E-state index in [1.807, 2.05) is 0 Å². The van der Waals surface area contributed by atoms with Crippen molar-refractivity contribution < 1.29 is 18.3 Å². The molecule has 1 aliphatic rings. The normalized spacial score (nSPS) is 13.6. The first-order valence-corrected chi connectivity index (χ1v) is 11.2. The Kier molecular flexibility index (Phi) is 6.86. The first-order chi connectivity index (χ1) is 15.2. The molecule has 0 amide bonds. The molecule has 0 unspecified atom stereocenters. The van der Waals surface area contributed by atoms with Crippen LogP contribution in [0.1, 0.15) is 35.5 Å². The van der Waals surface area contributed by atoms with Crippen molar-refractivity contribution in [1.29, 1.82) is 0 Å². The summed E-state index contributed by atoms with van der Waals surface area (Å²) in [6, 6.07) is 9.52. The third-order valence-corrected chi connectivity index (χ3v) is 6.05. The molecule has 2 N–H and O–H groups in total. The number of benzene rings is 1. The predicted molar refractivity (Wildman–Crippen MR) is 123 cm³/mol. The molecule has 32 heavy (non-hydrogen) atoms. The summed E-state index contributed by atoms with van der Waals surface area (Å²) in [6.07, 6.45) is 6.03. The van der Waals surface area contributed by atoms with E-state index in [0.29, 0.717) is 16.8 Å². The maximum atomic E-state index is 13.2. The molecular formula is C23H18ClN3O4S. The lowest BCUT2D eigenvalue weighted by Crippen LogP contribution is -2.28. The van der Waals surface area contributed by atoms with Gasteiger partial charge in [0.15, 0.2) is 5.03 Å². The summed E-state index contributed by atoms with van der Waals surface area (Å²) in [5.41, 5.74) is 4.56. The number of nitrogens with zero attached hydrogens (tertiary/aromatic N) is 2. The van der Waals surface area contributed by atoms with Crippen LogP contribution in [0.25, 0.3) is 0 Å². The Morgan fingerprint density at radius 3 is 2.66 bits per heavy atom. The molecule has 3 rings (SSSR count). The van der Waals surface area contributed by atoms with E-state index in [1.165, 1.54) is 29.3 Å². The molecule has 1 aromatic heterocycles. The Balaban J connectivity index is 1.95. The number of nitrogens with one attached hydrogen (secondary N) is 1. The van der Waals surface area contributed by atoms with Gasteiger partial charge in [0, 0.05) is 29.6 Å². The molecule has 1 aliphatic heterocycles. The van der Waals surface area contributed by atoms with Crippen LogP contribution in [0, 0.1) is 11.8 Å². The summed E-state index contributed by atoms with van der Waals surface area (Å²) in [6.45, 7) is 3.48. The molecule has 0 aliphatic carbocycles. The van der Waals surface area contributed by atoms with E-state index in [1.54, 1.807) is 50.4 Å². The van der Waals surface area contributed by atoms with Gasteiger partial charge in [0.25, 0.3) is 10.0 Å². The number of allylic oxidation sites excluding steroid dienone is 3. The van der Waals surface area contributed by atoms with Gasteiger partial charge in [-0.15, -0.1) is 0 Å². The predicted octanol–water partition coefficient (Wildman–Crippen LogP) is 4.24. The van der Waals surface area contributed by atoms with Gasteiger partial charge in [0.1, 0.15) is 5.69 Å². The highest BCUT2D eigenvalue weighted by atomic mass is 35.5. The van der Waals surface area contributed by atoms with Crippen molar-refractivity contribution in [1.82, 2.24) is 9.88 Å². The minimum absolute atomic E-state index is 0.0226. The molecule has 0 saturated heterocycles. The highest BCUT2D eigenvalue weighted by Gasteiger charge is 2.29. The summed E-state index contributed by atoms with van der Waals surface area (Å²) < 4.78 is 29.0. The van der Waals surface area contributed by atoms with Crippen molar-refractivity contribution in [3.63, 3.8) is 0 Å². The maximum Gasteiger partial charge on any atom is 0.354 e. The first-order valence-electron chi connectivity index (χ1n) is 9.31. The number of hydrogen-bond acceptors (Lipinski definition) is 5. The second kappa shape index (κ2) is 9.58. The number of anilines is 1. The van der Waals surface area contributed by atoms with Crippen molar-refractivity contribution in [2.45, 2.75) is 13.8 Å². The van der Waals surface area contributed by atoms with E-state index in [0.717, 1.165) is 0 Å². The van der Waals surface area contributed by atoms with Crippen LogP contribution in [0.2, 0.25) is 0 Å². The van der Waals surface area contributed by atoms with Gasteiger partial charge in [-0.3, -0.25) is 4.72 Å². The van der Waals surface area contributed by atoms with Gasteiger partial charge >= 0.3 is 5.97 Å². The average molecular weight is 468 g/mol. The van der Waals surface area contributed by atoms with Crippen LogP contribution in [0.3, 0.4) is 0 Å². The number of hydrogen-bond donors (Lipinski definition) is 2. The van der Waals surface area contributed by atoms with Gasteiger partial charge in [-0.05, 0) is 38.1 Å². The number of halogens is 1. The smallest absolute Gasteiger partial charge is 0.354 e. The highest BCUT2D eigenvalue weighted by molar-refractivity contribution is 7.96. The maximum absolute atomic E-state index is 13.2. The molecule has 7 nitrogen and oxygen atoms in total. The monoisotopic (exact) mass is 467 g/mol. The topological polar surface area (TPSA) is 99.6 Å². The van der Waals surface area contributed by atoms with Crippen LogP contribution >= 0.6 is 11.6 Å². The summed E-state index contributed by atoms with van der Waals surface area (Å²) in [5.74, 6) is 4.62. The lowest BCUT2D eigenvalue weighted by Gasteiger charge is -2.26. The van der Waals surface area contributed by atoms with Gasteiger partial charge in [-0.1, -0.05) is 47.4 Å². The fourth-order valence-electron chi connectivity index (χ4n) is 2.76. The number of carboxylic acid groups (broad SMARTS) is 1. The van der Waals surface area contributed by atoms with Gasteiger partial charge in [-0.25, -0.2) is 9.78 Å². The molecule has 162 valence electrons. The van der Waals surface area contributed by atoms with E-state index in [4.69, 9.17) is 16.7 Å². The number of carbonyl (C=O) groups is 1. The minimum atomic E-state index is -4.08. The van der Waals surface area contributed by atoms with Crippen LogP contribution in [0.5, 0.6) is 0 Å². The average Bonchev–Trinajstić information content (AvgIpc) is 2.75. The second-order valence-electron chi connectivity index (χ2n) is 6.52. The van der Waals surface area contributed by atoms with Gasteiger partial charge in [0.05, 0.1) is 16.4 Å². The molecule has 0 fully saturated rings. The van der Waals surface area contributed by atoms with E-state index < -0.39 is 16.0 Å². The van der Waals surface area contributed by atoms with E-state index in [2.05, 4.69) is 27.3 Å². The largest absolute Gasteiger partial charge is 0.477 e. The Labute approximate surface area is 191 Å². The number of para-hydroxylation sites is 1. The molecular weight excluding hydrogens is 450 g/mol. The van der Waals surface area contributed by atoms with Gasteiger partial charge in [0.2, 0.25) is 0 Å². The van der Waals surface area contributed by atoms with Crippen LogP contribution in [-0.2, 0) is 10.0 Å². The van der Waals surface area contributed by atoms with Crippen molar-refractivity contribution in [3.05, 3.63) is 99.3 Å². The molecule has 0 atom stereocenters. The lowest BCUT2D eigenvalue weighted by atomic mass is 10.1. The fraction of sp³-hybridized carbons (Fsp3) is 0.0870. The van der Waals surface area contributed by atoms with Crippen molar-refractivity contribution in [2.24, 2.45) is 0 Å². The number of aromatic nitrogens is 1. The van der Waals surface area contributed by atoms with E-state index >= 15 is 0 Å². The standard InChI is InChI=1S/C23H18ClN3O4S/c1-3-14-27-16(2)8-12-19(24)22(27)32(30,31)26-20-7-5-4-6-18(20)11-9-17-10-13-21(23(28)29)25-15-17/h3-7,10,12-15,26H,1-2H3,(H,28,29)/b14-3-. The van der Waals surface area contributed by atoms with E-state index in [-0.39, 0.29) is 21.4 Å². The summed E-state index contributed by atoms with van der Waals surface area (Å²) >= 11 is 6.22. The number of carboxylic acids is 1. The number of pyridine rings is 1. The Morgan fingerprint density at radius 2 is 2.00 bits per heavy atom. The van der Waals surface area contributed by atoms with Gasteiger partial charge < -0.3 is 10.0 Å². The zero-order valence-electron chi connectivity index (χ0n) is 17.1. The van der Waals surface area contributed by atoms with Crippen molar-refractivity contribution >= 4 is 33.3 Å². The van der Waals surface area contributed by atoms with Crippen LogP contribution < -0.4 is 4.72 Å². The molecule has 9 heteroatoms. The van der Waals surface area contributed by atoms with Crippen LogP contribution in [0.4, 0.5) is 5.69 Å². The Bertz CT molecular complexity index is 1360. The molecule has 2 aromatic rings. The number of rotatable bonds is 5. The summed E-state index contributed by atoms with van der Waals surface area (Å²) in [4.78, 5) is 16.2. The lowest BCUT2D eigenvalue weighted by molar-refractivity contribution is 0.0690. The van der Waals surface area contributed by atoms with Crippen molar-refractivity contribution in [2.75, 3.05) is 4.72 Å². The molecule has 0 spiro atoms. The quantitative estimate of drug-likeness (QED) is 0.504. The SMILES string of the molecule is C/C=C\N1C(C)=C=CC(Cl)=C1S(=O)(=O)Nc1ccccc1C#Cc1ccc(C(=O)O)nc1. The summed E-state index contributed by atoms with van der Waals surface area (Å²) in [5, 5.41) is 8.83. The van der Waals surface area contributed by atoms with Crippen LogP contribution in [0.15, 0.2) is 82.4 Å². The third kappa shape index (κ3) is 5.10. The fourth-order valence-corrected chi connectivity index (χ4v) is 4.55. The summed E-state index contributed by atoms with van der Waals surface area (Å²) in [7, 11) is -4.08. The number of sulfonamides is 1.